The van der Waals surface area contributed by atoms with Gasteiger partial charge in [-0.25, -0.2) is 0 Å². The van der Waals surface area contributed by atoms with Crippen LogP contribution in [0, 0.1) is 0 Å². The highest BCUT2D eigenvalue weighted by atomic mass is 79.9. The van der Waals surface area contributed by atoms with Crippen LogP contribution >= 0.6 is 15.9 Å². The summed E-state index contributed by atoms with van der Waals surface area (Å²) in [6.07, 6.45) is 0.319. The van der Waals surface area contributed by atoms with Crippen LogP contribution in [0.25, 0.3) is 11.5 Å². The summed E-state index contributed by atoms with van der Waals surface area (Å²) >= 11 is 3.29. The molecule has 6 heteroatoms. The SMILES string of the molecule is CC(C)(C)c1ccc(-c2nnc(C3CC(Br)=NO3)o2)cc1. The van der Waals surface area contributed by atoms with Crippen molar-refractivity contribution in [2.24, 2.45) is 5.16 Å². The van der Waals surface area contributed by atoms with E-state index in [-0.39, 0.29) is 11.5 Å². The van der Waals surface area contributed by atoms with Crippen LogP contribution in [-0.4, -0.2) is 14.8 Å². The molecule has 3 rings (SSSR count). The molecule has 0 N–H and O–H groups in total. The predicted molar refractivity (Wildman–Crippen MR) is 83.2 cm³/mol. The molecule has 1 aliphatic rings. The molecule has 0 spiro atoms. The van der Waals surface area contributed by atoms with Gasteiger partial charge in [-0.05, 0) is 39.0 Å². The van der Waals surface area contributed by atoms with Gasteiger partial charge in [-0.3, -0.25) is 0 Å². The molecule has 1 unspecified atom stereocenters. The molecular formula is C15H16BrN3O2. The zero-order valence-electron chi connectivity index (χ0n) is 12.1. The standard InChI is InChI=1S/C15H16BrN3O2/c1-15(2,3)10-6-4-9(5-7-10)13-17-18-14(20-13)11-8-12(16)19-21-11/h4-7,11H,8H2,1-3H3. The summed E-state index contributed by atoms with van der Waals surface area (Å²) in [4.78, 5) is 5.21. The summed E-state index contributed by atoms with van der Waals surface area (Å²) in [7, 11) is 0. The van der Waals surface area contributed by atoms with Crippen molar-refractivity contribution < 1.29 is 9.25 Å². The number of nitrogens with zero attached hydrogens (tertiary/aromatic N) is 3. The number of hydrogen-bond donors (Lipinski definition) is 0. The van der Waals surface area contributed by atoms with Crippen LogP contribution in [0.5, 0.6) is 0 Å². The van der Waals surface area contributed by atoms with Crippen molar-refractivity contribution >= 4 is 20.6 Å². The predicted octanol–water partition coefficient (Wildman–Crippen LogP) is 4.20. The highest BCUT2D eigenvalue weighted by Gasteiger charge is 2.27. The van der Waals surface area contributed by atoms with Gasteiger partial charge < -0.3 is 9.25 Å². The minimum Gasteiger partial charge on any atom is -0.417 e. The molecule has 1 aliphatic heterocycles. The Morgan fingerprint density at radius 1 is 1.14 bits per heavy atom. The second-order valence-electron chi connectivity index (χ2n) is 6.04. The molecule has 1 atom stereocenters. The lowest BCUT2D eigenvalue weighted by molar-refractivity contribution is 0.0651. The van der Waals surface area contributed by atoms with Gasteiger partial charge in [-0.15, -0.1) is 10.2 Å². The second kappa shape index (κ2) is 5.26. The van der Waals surface area contributed by atoms with Crippen molar-refractivity contribution in [1.82, 2.24) is 10.2 Å². The number of halogens is 1. The van der Waals surface area contributed by atoms with E-state index in [1.54, 1.807) is 0 Å². The molecule has 0 saturated heterocycles. The Morgan fingerprint density at radius 2 is 1.86 bits per heavy atom. The van der Waals surface area contributed by atoms with Gasteiger partial charge in [-0.2, -0.15) is 0 Å². The van der Waals surface area contributed by atoms with Crippen molar-refractivity contribution in [1.29, 1.82) is 0 Å². The lowest BCUT2D eigenvalue weighted by Crippen LogP contribution is -2.10. The zero-order valence-corrected chi connectivity index (χ0v) is 13.7. The van der Waals surface area contributed by atoms with E-state index in [4.69, 9.17) is 9.25 Å². The average molecular weight is 350 g/mol. The molecular weight excluding hydrogens is 334 g/mol. The van der Waals surface area contributed by atoms with Crippen LogP contribution in [0.3, 0.4) is 0 Å². The first-order valence-corrected chi connectivity index (χ1v) is 7.55. The van der Waals surface area contributed by atoms with Crippen LogP contribution in [0.4, 0.5) is 0 Å². The molecule has 0 amide bonds. The molecule has 21 heavy (non-hydrogen) atoms. The van der Waals surface area contributed by atoms with Crippen molar-refractivity contribution in [3.63, 3.8) is 0 Å². The minimum absolute atomic E-state index is 0.125. The Labute approximate surface area is 131 Å². The fourth-order valence-electron chi connectivity index (χ4n) is 2.07. The molecule has 2 heterocycles. The van der Waals surface area contributed by atoms with Gasteiger partial charge in [0.05, 0.1) is 0 Å². The Hall–Kier alpha value is -1.69. The third-order valence-electron chi connectivity index (χ3n) is 3.35. The molecule has 0 saturated carbocycles. The van der Waals surface area contributed by atoms with E-state index in [2.05, 4.69) is 64.2 Å². The molecule has 5 nitrogen and oxygen atoms in total. The molecule has 0 fully saturated rings. The van der Waals surface area contributed by atoms with E-state index in [1.165, 1.54) is 5.56 Å². The van der Waals surface area contributed by atoms with E-state index in [0.29, 0.717) is 18.2 Å². The summed E-state index contributed by atoms with van der Waals surface area (Å²) in [6.45, 7) is 6.55. The van der Waals surface area contributed by atoms with Gasteiger partial charge in [0.2, 0.25) is 12.0 Å². The van der Waals surface area contributed by atoms with Gasteiger partial charge in [0, 0.05) is 12.0 Å². The molecule has 0 aliphatic carbocycles. The van der Waals surface area contributed by atoms with Crippen LogP contribution < -0.4 is 0 Å². The molecule has 0 bridgehead atoms. The van der Waals surface area contributed by atoms with Gasteiger partial charge in [-0.1, -0.05) is 38.1 Å². The number of rotatable bonds is 2. The maximum atomic E-state index is 5.69. The third-order valence-corrected chi connectivity index (χ3v) is 3.82. The van der Waals surface area contributed by atoms with Gasteiger partial charge in [0.25, 0.3) is 5.89 Å². The van der Waals surface area contributed by atoms with E-state index < -0.39 is 0 Å². The average Bonchev–Trinajstić information content (AvgIpc) is 3.06. The summed E-state index contributed by atoms with van der Waals surface area (Å²) < 4.78 is 6.44. The van der Waals surface area contributed by atoms with Crippen LogP contribution in [-0.2, 0) is 10.3 Å². The van der Waals surface area contributed by atoms with E-state index in [0.717, 1.165) is 10.2 Å². The maximum Gasteiger partial charge on any atom is 0.260 e. The van der Waals surface area contributed by atoms with Crippen LogP contribution in [0.15, 0.2) is 33.8 Å². The summed E-state index contributed by atoms with van der Waals surface area (Å²) in [5.41, 5.74) is 2.29. The van der Waals surface area contributed by atoms with Gasteiger partial charge in [0.15, 0.2) is 0 Å². The second-order valence-corrected chi connectivity index (χ2v) is 6.95. The monoisotopic (exact) mass is 349 g/mol. The number of aromatic nitrogens is 2. The van der Waals surface area contributed by atoms with Crippen molar-refractivity contribution in [2.75, 3.05) is 0 Å². The largest absolute Gasteiger partial charge is 0.417 e. The van der Waals surface area contributed by atoms with Crippen molar-refractivity contribution in [3.8, 4) is 11.5 Å². The maximum absolute atomic E-state index is 5.69. The van der Waals surface area contributed by atoms with Crippen molar-refractivity contribution in [3.05, 3.63) is 35.7 Å². The minimum atomic E-state index is -0.297. The molecule has 1 aromatic carbocycles. The summed E-state index contributed by atoms with van der Waals surface area (Å²) in [6, 6.07) is 8.18. The Balaban J connectivity index is 1.80. The van der Waals surface area contributed by atoms with E-state index >= 15 is 0 Å². The summed E-state index contributed by atoms with van der Waals surface area (Å²) in [5, 5.41) is 11.9. The van der Waals surface area contributed by atoms with Crippen LogP contribution in [0.2, 0.25) is 0 Å². The first-order chi connectivity index (χ1) is 9.93. The fourth-order valence-corrected chi connectivity index (χ4v) is 2.45. The number of benzene rings is 1. The lowest BCUT2D eigenvalue weighted by atomic mass is 9.87. The van der Waals surface area contributed by atoms with Gasteiger partial charge in [0.1, 0.15) is 4.62 Å². The molecule has 2 aromatic rings. The van der Waals surface area contributed by atoms with Crippen molar-refractivity contribution in [2.45, 2.75) is 38.7 Å². The third kappa shape index (κ3) is 3.00. The normalized spacial score (nSPS) is 18.5. The van der Waals surface area contributed by atoms with Crippen LogP contribution in [0.1, 0.15) is 44.8 Å². The smallest absolute Gasteiger partial charge is 0.260 e. The fraction of sp³-hybridized carbons (Fsp3) is 0.400. The number of hydrogen-bond acceptors (Lipinski definition) is 5. The quantitative estimate of drug-likeness (QED) is 0.814. The number of oxime groups is 1. The molecule has 1 aromatic heterocycles. The Morgan fingerprint density at radius 3 is 2.43 bits per heavy atom. The summed E-state index contributed by atoms with van der Waals surface area (Å²) in [5.74, 6) is 0.945. The lowest BCUT2D eigenvalue weighted by Gasteiger charge is -2.18. The first-order valence-electron chi connectivity index (χ1n) is 6.76. The molecule has 110 valence electrons. The van der Waals surface area contributed by atoms with E-state index in [1.807, 2.05) is 12.1 Å². The Bertz CT molecular complexity index is 671. The first kappa shape index (κ1) is 14.3. The molecule has 0 radical (unpaired) electrons. The Kier molecular flexibility index (Phi) is 3.57. The van der Waals surface area contributed by atoms with Gasteiger partial charge >= 0.3 is 0 Å². The topological polar surface area (TPSA) is 60.5 Å². The highest BCUT2D eigenvalue weighted by Crippen LogP contribution is 2.30. The highest BCUT2D eigenvalue weighted by molar-refractivity contribution is 9.18. The van der Waals surface area contributed by atoms with E-state index in [9.17, 15) is 0 Å². The zero-order chi connectivity index (χ0) is 15.0.